The number of ketones is 2. The Labute approximate surface area is 167 Å². The van der Waals surface area contributed by atoms with Crippen LogP contribution in [0.3, 0.4) is 0 Å². The van der Waals surface area contributed by atoms with Gasteiger partial charge in [0.1, 0.15) is 17.4 Å². The molecule has 1 unspecified atom stereocenters. The Bertz CT molecular complexity index is 1200. The average molecular weight is 389 g/mol. The maximum absolute atomic E-state index is 13.0. The lowest BCUT2D eigenvalue weighted by molar-refractivity contribution is 0.0600. The number of rotatable bonds is 3. The SMILES string of the molecule is COC(=O)c1ccc2c(c1)C(=O)C(c1nc3ccc(C(C)C)cc3cc1O)C2=O. The van der Waals surface area contributed by atoms with Crippen LogP contribution < -0.4 is 0 Å². The fraction of sp³-hybridized carbons (Fsp3) is 0.217. The van der Waals surface area contributed by atoms with Crippen LogP contribution >= 0.6 is 0 Å². The molecule has 1 heterocycles. The largest absolute Gasteiger partial charge is 0.506 e. The molecule has 1 aromatic heterocycles. The first-order chi connectivity index (χ1) is 13.8. The van der Waals surface area contributed by atoms with Gasteiger partial charge in [0.25, 0.3) is 0 Å². The van der Waals surface area contributed by atoms with Gasteiger partial charge in [-0.15, -0.1) is 0 Å². The third-order valence-corrected chi connectivity index (χ3v) is 5.28. The number of Topliss-reactive ketones (excluding diaryl/α,β-unsaturated/α-hetero) is 2. The number of hydrogen-bond acceptors (Lipinski definition) is 6. The summed E-state index contributed by atoms with van der Waals surface area (Å²) in [6.07, 6.45) is 0. The van der Waals surface area contributed by atoms with Crippen molar-refractivity contribution in [3.63, 3.8) is 0 Å². The third kappa shape index (κ3) is 2.97. The second-order valence-electron chi connectivity index (χ2n) is 7.41. The minimum atomic E-state index is -1.23. The van der Waals surface area contributed by atoms with Crippen molar-refractivity contribution in [3.8, 4) is 5.75 Å². The lowest BCUT2D eigenvalue weighted by Gasteiger charge is -2.12. The Hall–Kier alpha value is -3.54. The molecule has 4 rings (SSSR count). The molecular formula is C23H19NO5. The molecule has 6 heteroatoms. The molecule has 0 aliphatic heterocycles. The van der Waals surface area contributed by atoms with Gasteiger partial charge in [-0.1, -0.05) is 19.9 Å². The number of nitrogens with zero attached hydrogens (tertiary/aromatic N) is 1. The Morgan fingerprint density at radius 2 is 1.76 bits per heavy atom. The maximum Gasteiger partial charge on any atom is 0.337 e. The van der Waals surface area contributed by atoms with E-state index in [4.69, 9.17) is 0 Å². The highest BCUT2D eigenvalue weighted by Gasteiger charge is 2.42. The van der Waals surface area contributed by atoms with Gasteiger partial charge in [-0.3, -0.25) is 9.59 Å². The fourth-order valence-corrected chi connectivity index (χ4v) is 3.66. The molecule has 1 aliphatic carbocycles. The van der Waals surface area contributed by atoms with Crippen molar-refractivity contribution in [3.05, 3.63) is 70.4 Å². The molecule has 0 saturated heterocycles. The Morgan fingerprint density at radius 3 is 2.45 bits per heavy atom. The molecule has 6 nitrogen and oxygen atoms in total. The maximum atomic E-state index is 13.0. The minimum Gasteiger partial charge on any atom is -0.506 e. The molecule has 3 aromatic rings. The quantitative estimate of drug-likeness (QED) is 0.537. The van der Waals surface area contributed by atoms with Crippen molar-refractivity contribution in [1.29, 1.82) is 0 Å². The highest BCUT2D eigenvalue weighted by Crippen LogP contribution is 2.38. The summed E-state index contributed by atoms with van der Waals surface area (Å²) in [4.78, 5) is 42.1. The Kier molecular flexibility index (Phi) is 4.42. The predicted molar refractivity (Wildman–Crippen MR) is 107 cm³/mol. The molecule has 1 N–H and O–H groups in total. The van der Waals surface area contributed by atoms with Crippen molar-refractivity contribution in [2.24, 2.45) is 0 Å². The molecule has 0 amide bonds. The van der Waals surface area contributed by atoms with Gasteiger partial charge >= 0.3 is 5.97 Å². The van der Waals surface area contributed by atoms with E-state index in [0.717, 1.165) is 10.9 Å². The number of esters is 1. The van der Waals surface area contributed by atoms with Crippen LogP contribution in [0.15, 0.2) is 42.5 Å². The van der Waals surface area contributed by atoms with Crippen LogP contribution in [0.25, 0.3) is 10.9 Å². The van der Waals surface area contributed by atoms with E-state index in [-0.39, 0.29) is 28.1 Å². The molecule has 0 spiro atoms. The number of fused-ring (bicyclic) bond motifs is 2. The van der Waals surface area contributed by atoms with Crippen LogP contribution in [0.5, 0.6) is 5.75 Å². The van der Waals surface area contributed by atoms with Gasteiger partial charge < -0.3 is 9.84 Å². The Balaban J connectivity index is 1.80. The number of aromatic nitrogens is 1. The van der Waals surface area contributed by atoms with Crippen LogP contribution in [0.4, 0.5) is 0 Å². The topological polar surface area (TPSA) is 93.6 Å². The second-order valence-corrected chi connectivity index (χ2v) is 7.41. The molecule has 1 aliphatic rings. The average Bonchev–Trinajstić information content (AvgIpc) is 2.96. The first-order valence-electron chi connectivity index (χ1n) is 9.26. The van der Waals surface area contributed by atoms with Crippen LogP contribution in [0.1, 0.15) is 68.0 Å². The summed E-state index contributed by atoms with van der Waals surface area (Å²) in [6.45, 7) is 4.14. The normalized spacial score (nSPS) is 15.8. The molecule has 0 fully saturated rings. The lowest BCUT2D eigenvalue weighted by Crippen LogP contribution is -2.15. The molecule has 0 saturated carbocycles. The summed E-state index contributed by atoms with van der Waals surface area (Å²) in [6, 6.07) is 11.5. The zero-order valence-corrected chi connectivity index (χ0v) is 16.2. The number of pyridine rings is 1. The number of methoxy groups -OCH3 is 1. The van der Waals surface area contributed by atoms with E-state index in [2.05, 4.69) is 23.6 Å². The van der Waals surface area contributed by atoms with Crippen LogP contribution in [0.2, 0.25) is 0 Å². The van der Waals surface area contributed by atoms with Crippen molar-refractivity contribution in [1.82, 2.24) is 4.98 Å². The first-order valence-corrected chi connectivity index (χ1v) is 9.26. The molecule has 0 radical (unpaired) electrons. The van der Waals surface area contributed by atoms with Gasteiger partial charge in [0.15, 0.2) is 11.6 Å². The van der Waals surface area contributed by atoms with Gasteiger partial charge in [-0.25, -0.2) is 9.78 Å². The van der Waals surface area contributed by atoms with Crippen molar-refractivity contribution < 1.29 is 24.2 Å². The van der Waals surface area contributed by atoms with E-state index in [1.165, 1.54) is 31.4 Å². The van der Waals surface area contributed by atoms with E-state index in [1.807, 2.05) is 18.2 Å². The van der Waals surface area contributed by atoms with Gasteiger partial charge in [0.05, 0.1) is 18.2 Å². The number of ether oxygens (including phenoxy) is 1. The van der Waals surface area contributed by atoms with E-state index in [9.17, 15) is 19.5 Å². The second kappa shape index (κ2) is 6.81. The highest BCUT2D eigenvalue weighted by atomic mass is 16.5. The molecule has 146 valence electrons. The predicted octanol–water partition coefficient (Wildman–Crippen LogP) is 4.01. The van der Waals surface area contributed by atoms with Crippen LogP contribution in [0, 0.1) is 0 Å². The van der Waals surface area contributed by atoms with Crippen molar-refractivity contribution in [2.45, 2.75) is 25.7 Å². The molecule has 2 aromatic carbocycles. The number of carbonyl (C=O) groups excluding carboxylic acids is 3. The van der Waals surface area contributed by atoms with E-state index in [0.29, 0.717) is 11.4 Å². The number of aromatic hydroxyl groups is 1. The summed E-state index contributed by atoms with van der Waals surface area (Å²) < 4.78 is 4.68. The highest BCUT2D eigenvalue weighted by molar-refractivity contribution is 6.30. The zero-order valence-electron chi connectivity index (χ0n) is 16.2. The Morgan fingerprint density at radius 1 is 1.03 bits per heavy atom. The fourth-order valence-electron chi connectivity index (χ4n) is 3.66. The molecular weight excluding hydrogens is 370 g/mol. The molecule has 1 atom stereocenters. The number of benzene rings is 2. The summed E-state index contributed by atoms with van der Waals surface area (Å²) in [7, 11) is 1.24. The van der Waals surface area contributed by atoms with E-state index in [1.54, 1.807) is 0 Å². The van der Waals surface area contributed by atoms with Crippen molar-refractivity contribution >= 4 is 28.4 Å². The number of carbonyl (C=O) groups is 3. The minimum absolute atomic E-state index is 0.0283. The lowest BCUT2D eigenvalue weighted by atomic mass is 9.96. The number of hydrogen-bond donors (Lipinski definition) is 1. The van der Waals surface area contributed by atoms with Gasteiger partial charge in [0, 0.05) is 16.5 Å². The summed E-state index contributed by atoms with van der Waals surface area (Å²) in [5.41, 5.74) is 2.25. The van der Waals surface area contributed by atoms with Crippen LogP contribution in [-0.2, 0) is 4.74 Å². The van der Waals surface area contributed by atoms with Gasteiger partial charge in [-0.05, 0) is 47.9 Å². The molecule has 29 heavy (non-hydrogen) atoms. The first kappa shape index (κ1) is 18.8. The van der Waals surface area contributed by atoms with Crippen LogP contribution in [-0.4, -0.2) is 34.7 Å². The van der Waals surface area contributed by atoms with Crippen molar-refractivity contribution in [2.75, 3.05) is 7.11 Å². The van der Waals surface area contributed by atoms with E-state index < -0.39 is 23.5 Å². The van der Waals surface area contributed by atoms with E-state index >= 15 is 0 Å². The molecule has 0 bridgehead atoms. The standard InChI is InChI=1S/C23H19NO5/c1-11(2)12-5-7-17-14(8-12)10-18(25)20(24-17)19-21(26)15-6-4-13(23(28)29-3)9-16(15)22(19)27/h4-11,19,25H,1-3H3. The summed E-state index contributed by atoms with van der Waals surface area (Å²) in [5.74, 6) is -2.64. The smallest absolute Gasteiger partial charge is 0.337 e. The zero-order chi connectivity index (χ0) is 20.9. The monoisotopic (exact) mass is 389 g/mol. The van der Waals surface area contributed by atoms with Gasteiger partial charge in [-0.2, -0.15) is 0 Å². The summed E-state index contributed by atoms with van der Waals surface area (Å²) >= 11 is 0. The summed E-state index contributed by atoms with van der Waals surface area (Å²) in [5, 5.41) is 11.3. The third-order valence-electron chi connectivity index (χ3n) is 5.28. The van der Waals surface area contributed by atoms with Gasteiger partial charge in [0.2, 0.25) is 0 Å².